The lowest BCUT2D eigenvalue weighted by Gasteiger charge is -2.18. The van der Waals surface area contributed by atoms with E-state index < -0.39 is 0 Å². The summed E-state index contributed by atoms with van der Waals surface area (Å²) in [5, 5.41) is 0. The van der Waals surface area contributed by atoms with Gasteiger partial charge in [0.1, 0.15) is 0 Å². The van der Waals surface area contributed by atoms with Crippen LogP contribution in [0.25, 0.3) is 0 Å². The number of rotatable bonds is 3. The zero-order valence-corrected chi connectivity index (χ0v) is 12.2. The van der Waals surface area contributed by atoms with Gasteiger partial charge in [0.2, 0.25) is 0 Å². The number of carbonyl (C=O) groups is 1. The third kappa shape index (κ3) is 3.97. The summed E-state index contributed by atoms with van der Waals surface area (Å²) in [6.07, 6.45) is 0. The molecule has 0 radical (unpaired) electrons. The summed E-state index contributed by atoms with van der Waals surface area (Å²) in [5.74, 6) is 5.53. The van der Waals surface area contributed by atoms with Gasteiger partial charge in [0, 0.05) is 11.5 Å². The first-order valence-electron chi connectivity index (χ1n) is 6.91. The second kappa shape index (κ2) is 7.31. The highest BCUT2D eigenvalue weighted by atomic mass is 16.5. The first-order chi connectivity index (χ1) is 10.2. The summed E-state index contributed by atoms with van der Waals surface area (Å²) >= 11 is 0. The van der Waals surface area contributed by atoms with Crippen LogP contribution in [0.3, 0.4) is 0 Å². The van der Waals surface area contributed by atoms with Crippen LogP contribution < -0.4 is 0 Å². The lowest BCUT2D eigenvalue weighted by atomic mass is 9.87. The highest BCUT2D eigenvalue weighted by Gasteiger charge is 2.26. The zero-order valence-electron chi connectivity index (χ0n) is 12.2. The van der Waals surface area contributed by atoms with Crippen LogP contribution in [0.4, 0.5) is 0 Å². The van der Waals surface area contributed by atoms with E-state index in [1.165, 1.54) is 7.11 Å². The topological polar surface area (TPSA) is 26.3 Å². The van der Waals surface area contributed by atoms with E-state index in [1.54, 1.807) is 0 Å². The summed E-state index contributed by atoms with van der Waals surface area (Å²) in [6, 6.07) is 19.4. The fourth-order valence-corrected chi connectivity index (χ4v) is 2.22. The molecule has 0 aliphatic carbocycles. The second-order valence-corrected chi connectivity index (χ2v) is 4.84. The monoisotopic (exact) mass is 278 g/mol. The summed E-state index contributed by atoms with van der Waals surface area (Å²) < 4.78 is 4.93. The number of methoxy groups -OCH3 is 1. The average Bonchev–Trinajstić information content (AvgIpc) is 2.55. The van der Waals surface area contributed by atoms with Crippen molar-refractivity contribution in [2.75, 3.05) is 7.11 Å². The van der Waals surface area contributed by atoms with Crippen LogP contribution in [0.5, 0.6) is 0 Å². The maximum absolute atomic E-state index is 12.1. The Morgan fingerprint density at radius 2 is 1.57 bits per heavy atom. The average molecular weight is 278 g/mol. The second-order valence-electron chi connectivity index (χ2n) is 4.84. The Morgan fingerprint density at radius 3 is 2.14 bits per heavy atom. The molecule has 0 saturated carbocycles. The van der Waals surface area contributed by atoms with Gasteiger partial charge < -0.3 is 4.74 Å². The molecule has 21 heavy (non-hydrogen) atoms. The summed E-state index contributed by atoms with van der Waals surface area (Å²) in [5.41, 5.74) is 1.88. The van der Waals surface area contributed by atoms with Crippen molar-refractivity contribution >= 4 is 5.97 Å². The van der Waals surface area contributed by atoms with Gasteiger partial charge in [-0.1, -0.05) is 67.3 Å². The molecule has 2 rings (SSSR count). The molecule has 2 unspecified atom stereocenters. The van der Waals surface area contributed by atoms with Gasteiger partial charge in [-0.25, -0.2) is 0 Å². The predicted octanol–water partition coefficient (Wildman–Crippen LogP) is 3.63. The Balaban J connectivity index is 2.26. The Morgan fingerprint density at radius 1 is 1.00 bits per heavy atom. The number of hydrogen-bond acceptors (Lipinski definition) is 2. The minimum Gasteiger partial charge on any atom is -0.469 e. The highest BCUT2D eigenvalue weighted by Crippen LogP contribution is 2.25. The summed E-state index contributed by atoms with van der Waals surface area (Å²) in [7, 11) is 1.41. The Kier molecular flexibility index (Phi) is 5.17. The Labute approximate surface area is 125 Å². The van der Waals surface area contributed by atoms with Crippen LogP contribution in [0.1, 0.15) is 24.0 Å². The quantitative estimate of drug-likeness (QED) is 0.633. The first kappa shape index (κ1) is 14.9. The number of carbonyl (C=O) groups excluding carboxylic acids is 1. The number of hydrogen-bond donors (Lipinski definition) is 0. The van der Waals surface area contributed by atoms with E-state index in [0.29, 0.717) is 0 Å². The lowest BCUT2D eigenvalue weighted by Crippen LogP contribution is -2.20. The van der Waals surface area contributed by atoms with Crippen LogP contribution in [-0.4, -0.2) is 13.1 Å². The molecule has 2 atom stereocenters. The molecular weight excluding hydrogens is 260 g/mol. The maximum atomic E-state index is 12.1. The largest absolute Gasteiger partial charge is 0.469 e. The fraction of sp³-hybridized carbons (Fsp3) is 0.211. The van der Waals surface area contributed by atoms with Gasteiger partial charge in [-0.05, 0) is 17.7 Å². The van der Waals surface area contributed by atoms with Crippen molar-refractivity contribution in [3.05, 3.63) is 71.8 Å². The Bertz CT molecular complexity index is 636. The molecule has 0 bridgehead atoms. The molecule has 0 aliphatic rings. The van der Waals surface area contributed by atoms with Crippen LogP contribution >= 0.6 is 0 Å². The van der Waals surface area contributed by atoms with Gasteiger partial charge >= 0.3 is 5.97 Å². The molecule has 0 spiro atoms. The lowest BCUT2D eigenvalue weighted by molar-refractivity contribution is -0.143. The van der Waals surface area contributed by atoms with Gasteiger partial charge in [-0.3, -0.25) is 4.79 Å². The van der Waals surface area contributed by atoms with Gasteiger partial charge in [-0.2, -0.15) is 0 Å². The van der Waals surface area contributed by atoms with Crippen LogP contribution in [0.15, 0.2) is 60.7 Å². The van der Waals surface area contributed by atoms with Gasteiger partial charge in [-0.15, -0.1) is 0 Å². The van der Waals surface area contributed by atoms with E-state index in [9.17, 15) is 4.79 Å². The molecule has 0 heterocycles. The molecule has 2 heteroatoms. The number of esters is 1. The van der Waals surface area contributed by atoms with Gasteiger partial charge in [0.05, 0.1) is 13.0 Å². The molecule has 2 nitrogen and oxygen atoms in total. The summed E-state index contributed by atoms with van der Waals surface area (Å²) in [6.45, 7) is 1.95. The fourth-order valence-electron chi connectivity index (χ4n) is 2.22. The molecule has 0 aromatic heterocycles. The van der Waals surface area contributed by atoms with E-state index in [1.807, 2.05) is 67.6 Å². The van der Waals surface area contributed by atoms with Crippen molar-refractivity contribution in [2.24, 2.45) is 5.92 Å². The molecule has 0 amide bonds. The number of benzene rings is 2. The summed E-state index contributed by atoms with van der Waals surface area (Å²) in [4.78, 5) is 12.1. The molecule has 0 aliphatic heterocycles. The SMILES string of the molecule is COC(=O)C(c1ccccc1)C(C)C#Cc1ccccc1. The van der Waals surface area contributed by atoms with E-state index in [2.05, 4.69) is 11.8 Å². The minimum absolute atomic E-state index is 0.125. The number of ether oxygens (including phenoxy) is 1. The molecule has 2 aromatic carbocycles. The third-order valence-electron chi connectivity index (χ3n) is 3.33. The van der Waals surface area contributed by atoms with E-state index in [4.69, 9.17) is 4.74 Å². The minimum atomic E-state index is -0.368. The molecule has 106 valence electrons. The van der Waals surface area contributed by atoms with E-state index in [0.717, 1.165) is 11.1 Å². The van der Waals surface area contributed by atoms with Crippen molar-refractivity contribution < 1.29 is 9.53 Å². The van der Waals surface area contributed by atoms with E-state index in [-0.39, 0.29) is 17.8 Å². The van der Waals surface area contributed by atoms with Crippen molar-refractivity contribution in [2.45, 2.75) is 12.8 Å². The molecule has 2 aromatic rings. The zero-order chi connectivity index (χ0) is 15.1. The smallest absolute Gasteiger partial charge is 0.314 e. The van der Waals surface area contributed by atoms with Gasteiger partial charge in [0.25, 0.3) is 0 Å². The van der Waals surface area contributed by atoms with Crippen molar-refractivity contribution in [3.63, 3.8) is 0 Å². The van der Waals surface area contributed by atoms with Gasteiger partial charge in [0.15, 0.2) is 0 Å². The Hall–Kier alpha value is -2.53. The molecular formula is C19H18O2. The third-order valence-corrected chi connectivity index (χ3v) is 3.33. The normalized spacial score (nSPS) is 12.7. The standard InChI is InChI=1S/C19H18O2/c1-15(13-14-16-9-5-3-6-10-16)18(19(20)21-2)17-11-7-4-8-12-17/h3-12,15,18H,1-2H3. The maximum Gasteiger partial charge on any atom is 0.314 e. The van der Waals surface area contributed by atoms with E-state index >= 15 is 0 Å². The van der Waals surface area contributed by atoms with Crippen LogP contribution in [0, 0.1) is 17.8 Å². The van der Waals surface area contributed by atoms with Crippen LogP contribution in [0.2, 0.25) is 0 Å². The van der Waals surface area contributed by atoms with Crippen molar-refractivity contribution in [3.8, 4) is 11.8 Å². The van der Waals surface area contributed by atoms with Crippen LogP contribution in [-0.2, 0) is 9.53 Å². The highest BCUT2D eigenvalue weighted by molar-refractivity contribution is 5.79. The molecule has 0 fully saturated rings. The predicted molar refractivity (Wildman–Crippen MR) is 83.7 cm³/mol. The van der Waals surface area contributed by atoms with Crippen molar-refractivity contribution in [1.29, 1.82) is 0 Å². The molecule has 0 saturated heterocycles. The van der Waals surface area contributed by atoms with Crippen molar-refractivity contribution in [1.82, 2.24) is 0 Å². The first-order valence-corrected chi connectivity index (χ1v) is 6.91. The molecule has 0 N–H and O–H groups in total.